The molecule has 0 radical (unpaired) electrons. The van der Waals surface area contributed by atoms with Crippen LogP contribution in [0.15, 0.2) is 54.6 Å². The molecule has 0 saturated heterocycles. The molecule has 2 aromatic carbocycles. The summed E-state index contributed by atoms with van der Waals surface area (Å²) in [7, 11) is 0. The number of aromatic nitrogens is 2. The standard InChI is InChI=1S/C21H23FN4/c1-14(17-8-4-3-5-9-17)24-21-25-15(2)19(20(23)26-21)12-11-16-7-6-10-18(22)13-16/h3-10,13-14H,11-12H2,1-2H3,(H3,23,24,25,26)/t14-/m0/s1. The van der Waals surface area contributed by atoms with E-state index in [9.17, 15) is 4.39 Å². The second-order valence-corrected chi connectivity index (χ2v) is 6.40. The number of nitrogens with two attached hydrogens (primary N) is 1. The first-order chi connectivity index (χ1) is 12.5. The maximum Gasteiger partial charge on any atom is 0.225 e. The highest BCUT2D eigenvalue weighted by molar-refractivity contribution is 5.48. The van der Waals surface area contributed by atoms with Gasteiger partial charge in [-0.25, -0.2) is 9.37 Å². The van der Waals surface area contributed by atoms with E-state index >= 15 is 0 Å². The van der Waals surface area contributed by atoms with Gasteiger partial charge in [-0.3, -0.25) is 0 Å². The molecule has 1 atom stereocenters. The van der Waals surface area contributed by atoms with Crippen molar-refractivity contribution in [3.63, 3.8) is 0 Å². The van der Waals surface area contributed by atoms with Crippen molar-refractivity contribution in [2.75, 3.05) is 11.1 Å². The number of nitrogens with one attached hydrogen (secondary N) is 1. The first kappa shape index (κ1) is 17.9. The van der Waals surface area contributed by atoms with Gasteiger partial charge in [-0.2, -0.15) is 4.98 Å². The number of nitrogen functional groups attached to an aromatic ring is 1. The van der Waals surface area contributed by atoms with Crippen LogP contribution in [0.5, 0.6) is 0 Å². The van der Waals surface area contributed by atoms with Gasteiger partial charge in [0, 0.05) is 11.3 Å². The quantitative estimate of drug-likeness (QED) is 0.689. The summed E-state index contributed by atoms with van der Waals surface area (Å²) < 4.78 is 13.3. The minimum absolute atomic E-state index is 0.0770. The smallest absolute Gasteiger partial charge is 0.225 e. The number of aryl methyl sites for hydroxylation is 2. The molecule has 0 aliphatic rings. The summed E-state index contributed by atoms with van der Waals surface area (Å²) in [4.78, 5) is 8.96. The van der Waals surface area contributed by atoms with Gasteiger partial charge in [-0.15, -0.1) is 0 Å². The van der Waals surface area contributed by atoms with Gasteiger partial charge in [0.1, 0.15) is 11.6 Å². The molecule has 3 aromatic rings. The van der Waals surface area contributed by atoms with Gasteiger partial charge in [-0.05, 0) is 49.9 Å². The van der Waals surface area contributed by atoms with Gasteiger partial charge in [0.15, 0.2) is 0 Å². The molecule has 0 aliphatic carbocycles. The van der Waals surface area contributed by atoms with E-state index in [1.54, 1.807) is 12.1 Å². The van der Waals surface area contributed by atoms with E-state index in [1.165, 1.54) is 6.07 Å². The van der Waals surface area contributed by atoms with Crippen molar-refractivity contribution in [2.24, 2.45) is 0 Å². The van der Waals surface area contributed by atoms with Crippen LogP contribution in [0.2, 0.25) is 0 Å². The zero-order valence-corrected chi connectivity index (χ0v) is 15.0. The van der Waals surface area contributed by atoms with Gasteiger partial charge in [0.2, 0.25) is 5.95 Å². The molecule has 0 spiro atoms. The minimum atomic E-state index is -0.224. The molecule has 1 aromatic heterocycles. The lowest BCUT2D eigenvalue weighted by Gasteiger charge is -2.16. The number of hydrogen-bond donors (Lipinski definition) is 2. The number of anilines is 2. The summed E-state index contributed by atoms with van der Waals surface area (Å²) in [6.07, 6.45) is 1.37. The third kappa shape index (κ3) is 4.36. The Hall–Kier alpha value is -2.95. The van der Waals surface area contributed by atoms with E-state index in [2.05, 4.69) is 34.3 Å². The van der Waals surface area contributed by atoms with Crippen molar-refractivity contribution in [1.82, 2.24) is 9.97 Å². The molecule has 1 heterocycles. The maximum absolute atomic E-state index is 13.3. The summed E-state index contributed by atoms with van der Waals surface area (Å²) in [5.41, 5.74) is 10.0. The topological polar surface area (TPSA) is 63.8 Å². The summed E-state index contributed by atoms with van der Waals surface area (Å²) in [5.74, 6) is 0.764. The predicted molar refractivity (Wildman–Crippen MR) is 103 cm³/mol. The summed E-state index contributed by atoms with van der Waals surface area (Å²) in [6, 6.07) is 16.8. The highest BCUT2D eigenvalue weighted by atomic mass is 19.1. The SMILES string of the molecule is Cc1nc(N[C@@H](C)c2ccccc2)nc(N)c1CCc1cccc(F)c1. The molecule has 3 rings (SSSR count). The molecule has 0 fully saturated rings. The van der Waals surface area contributed by atoms with Crippen LogP contribution >= 0.6 is 0 Å². The summed E-state index contributed by atoms with van der Waals surface area (Å²) in [5, 5.41) is 3.30. The van der Waals surface area contributed by atoms with Crippen molar-refractivity contribution < 1.29 is 4.39 Å². The van der Waals surface area contributed by atoms with E-state index in [1.807, 2.05) is 31.2 Å². The molecule has 26 heavy (non-hydrogen) atoms. The Morgan fingerprint density at radius 3 is 2.50 bits per heavy atom. The van der Waals surface area contributed by atoms with Gasteiger partial charge < -0.3 is 11.1 Å². The van der Waals surface area contributed by atoms with Crippen molar-refractivity contribution >= 4 is 11.8 Å². The molecule has 5 heteroatoms. The monoisotopic (exact) mass is 350 g/mol. The Morgan fingerprint density at radius 1 is 1.04 bits per heavy atom. The molecule has 3 N–H and O–H groups in total. The first-order valence-corrected chi connectivity index (χ1v) is 8.72. The highest BCUT2D eigenvalue weighted by Crippen LogP contribution is 2.21. The van der Waals surface area contributed by atoms with Gasteiger partial charge in [-0.1, -0.05) is 42.5 Å². The number of hydrogen-bond acceptors (Lipinski definition) is 4. The molecule has 0 saturated carbocycles. The molecule has 0 amide bonds. The van der Waals surface area contributed by atoms with E-state index in [0.29, 0.717) is 24.6 Å². The van der Waals surface area contributed by atoms with Crippen molar-refractivity contribution in [1.29, 1.82) is 0 Å². The lowest BCUT2D eigenvalue weighted by atomic mass is 10.0. The van der Waals surface area contributed by atoms with Gasteiger partial charge in [0.25, 0.3) is 0 Å². The zero-order chi connectivity index (χ0) is 18.5. The van der Waals surface area contributed by atoms with Gasteiger partial charge in [0.05, 0.1) is 6.04 Å². The van der Waals surface area contributed by atoms with E-state index < -0.39 is 0 Å². The van der Waals surface area contributed by atoms with Crippen LogP contribution in [-0.4, -0.2) is 9.97 Å². The molecular weight excluding hydrogens is 327 g/mol. The van der Waals surface area contributed by atoms with Crippen molar-refractivity contribution in [2.45, 2.75) is 32.7 Å². The van der Waals surface area contributed by atoms with E-state index in [0.717, 1.165) is 22.4 Å². The van der Waals surface area contributed by atoms with E-state index in [-0.39, 0.29) is 11.9 Å². The maximum atomic E-state index is 13.3. The Bertz CT molecular complexity index is 857. The molecule has 0 aliphatic heterocycles. The van der Waals surface area contributed by atoms with Crippen LogP contribution in [-0.2, 0) is 12.8 Å². The lowest BCUT2D eigenvalue weighted by molar-refractivity contribution is 0.625. The fraction of sp³-hybridized carbons (Fsp3) is 0.238. The number of halogens is 1. The average molecular weight is 350 g/mol. The largest absolute Gasteiger partial charge is 0.383 e. The Kier molecular flexibility index (Phi) is 5.46. The Labute approximate surface area is 153 Å². The third-order valence-corrected chi connectivity index (χ3v) is 4.44. The molecule has 134 valence electrons. The predicted octanol–water partition coefficient (Wildman–Crippen LogP) is 4.46. The number of benzene rings is 2. The van der Waals surface area contributed by atoms with Gasteiger partial charge >= 0.3 is 0 Å². The fourth-order valence-electron chi connectivity index (χ4n) is 2.97. The molecule has 0 unspecified atom stereocenters. The highest BCUT2D eigenvalue weighted by Gasteiger charge is 2.12. The Morgan fingerprint density at radius 2 is 1.81 bits per heavy atom. The third-order valence-electron chi connectivity index (χ3n) is 4.44. The van der Waals surface area contributed by atoms with Crippen LogP contribution < -0.4 is 11.1 Å². The lowest BCUT2D eigenvalue weighted by Crippen LogP contribution is -2.13. The van der Waals surface area contributed by atoms with E-state index in [4.69, 9.17) is 5.73 Å². The summed E-state index contributed by atoms with van der Waals surface area (Å²) in [6.45, 7) is 3.99. The fourth-order valence-corrected chi connectivity index (χ4v) is 2.97. The number of rotatable bonds is 6. The minimum Gasteiger partial charge on any atom is -0.383 e. The normalized spacial score (nSPS) is 12.0. The second kappa shape index (κ2) is 7.95. The van der Waals surface area contributed by atoms with Crippen molar-refractivity contribution in [3.8, 4) is 0 Å². The molecule has 0 bridgehead atoms. The van der Waals surface area contributed by atoms with Crippen LogP contribution in [0, 0.1) is 12.7 Å². The molecule has 4 nitrogen and oxygen atoms in total. The summed E-state index contributed by atoms with van der Waals surface area (Å²) >= 11 is 0. The van der Waals surface area contributed by atoms with Crippen LogP contribution in [0.1, 0.15) is 35.3 Å². The second-order valence-electron chi connectivity index (χ2n) is 6.40. The average Bonchev–Trinajstić information content (AvgIpc) is 2.62. The first-order valence-electron chi connectivity index (χ1n) is 8.72. The molecular formula is C21H23FN4. The number of nitrogens with zero attached hydrogens (tertiary/aromatic N) is 2. The van der Waals surface area contributed by atoms with Crippen molar-refractivity contribution in [3.05, 3.63) is 82.8 Å². The van der Waals surface area contributed by atoms with Crippen LogP contribution in [0.25, 0.3) is 0 Å². The Balaban J connectivity index is 1.71. The van der Waals surface area contributed by atoms with Crippen LogP contribution in [0.3, 0.4) is 0 Å². The zero-order valence-electron chi connectivity index (χ0n) is 15.0. The van der Waals surface area contributed by atoms with Crippen LogP contribution in [0.4, 0.5) is 16.2 Å².